The number of pyridine rings is 1. The fraction of sp³-hybridized carbons (Fsp3) is 0.158. The third-order valence-corrected chi connectivity index (χ3v) is 5.80. The molecule has 1 fully saturated rings. The molecule has 3 aromatic rings. The van der Waals surface area contributed by atoms with Crippen LogP contribution in [0.4, 0.5) is 5.69 Å². The number of aromatic nitrogens is 1. The number of aromatic hydroxyl groups is 1. The average Bonchev–Trinajstić information content (AvgIpc) is 3.19. The van der Waals surface area contributed by atoms with Crippen molar-refractivity contribution in [3.05, 3.63) is 76.2 Å². The number of anilines is 1. The number of nitrogens with one attached hydrogen (secondary N) is 1. The van der Waals surface area contributed by atoms with E-state index in [4.69, 9.17) is 12.2 Å². The number of thiocarbonyl (C=S) groups is 1. The number of thiophene rings is 1. The predicted octanol–water partition coefficient (Wildman–Crippen LogP) is 4.33. The number of phenolic OH excluding ortho intramolecular Hbond substituents is 1. The van der Waals surface area contributed by atoms with Gasteiger partial charge in [0.2, 0.25) is 0 Å². The summed E-state index contributed by atoms with van der Waals surface area (Å²) >= 11 is 7.39. The summed E-state index contributed by atoms with van der Waals surface area (Å²) in [6.07, 6.45) is 1.81. The van der Waals surface area contributed by atoms with E-state index in [0.717, 1.165) is 11.4 Å². The number of hydrogen-bond acceptors (Lipinski definition) is 4. The molecule has 2 atom stereocenters. The Hall–Kier alpha value is -2.44. The molecule has 0 aliphatic carbocycles. The second kappa shape index (κ2) is 6.46. The highest BCUT2D eigenvalue weighted by atomic mass is 32.1. The highest BCUT2D eigenvalue weighted by molar-refractivity contribution is 7.80. The number of rotatable bonds is 3. The zero-order valence-electron chi connectivity index (χ0n) is 13.6. The van der Waals surface area contributed by atoms with Crippen LogP contribution in [0.15, 0.2) is 60.1 Å². The Bertz CT molecular complexity index is 893. The first-order valence-corrected chi connectivity index (χ1v) is 9.27. The molecule has 1 aliphatic heterocycles. The van der Waals surface area contributed by atoms with E-state index in [2.05, 4.69) is 33.6 Å². The SMILES string of the molecule is Cc1ccsc1[C@H]1[C@H](c2ccccn2)NC(=S)N1c1ccc(O)cc1. The van der Waals surface area contributed by atoms with Crippen LogP contribution in [0, 0.1) is 6.92 Å². The molecule has 0 bridgehead atoms. The molecule has 0 radical (unpaired) electrons. The number of hydrogen-bond donors (Lipinski definition) is 2. The second-order valence-corrected chi connectivity index (χ2v) is 7.32. The smallest absolute Gasteiger partial charge is 0.174 e. The zero-order chi connectivity index (χ0) is 17.4. The molecule has 0 spiro atoms. The first-order valence-electron chi connectivity index (χ1n) is 7.99. The molecule has 3 heterocycles. The summed E-state index contributed by atoms with van der Waals surface area (Å²) in [5.74, 6) is 0.243. The molecule has 126 valence electrons. The molecule has 0 unspecified atom stereocenters. The fourth-order valence-electron chi connectivity index (χ4n) is 3.20. The van der Waals surface area contributed by atoms with Gasteiger partial charge in [-0.1, -0.05) is 6.07 Å². The second-order valence-electron chi connectivity index (χ2n) is 5.98. The standard InChI is InChI=1S/C19H17N3OS2/c1-12-9-11-25-18(12)17-16(15-4-2-3-10-20-15)21-19(24)22(17)13-5-7-14(23)8-6-13/h2-11,16-17,23H,1H3,(H,21,24)/t16-,17+/m0/s1. The zero-order valence-corrected chi connectivity index (χ0v) is 15.2. The van der Waals surface area contributed by atoms with Crippen LogP contribution in [0.1, 0.15) is 28.2 Å². The minimum Gasteiger partial charge on any atom is -0.508 e. The van der Waals surface area contributed by atoms with Gasteiger partial charge in [0.25, 0.3) is 0 Å². The van der Waals surface area contributed by atoms with Gasteiger partial charge in [-0.05, 0) is 72.5 Å². The van der Waals surface area contributed by atoms with E-state index in [1.54, 1.807) is 23.5 Å². The topological polar surface area (TPSA) is 48.4 Å². The molecule has 6 heteroatoms. The quantitative estimate of drug-likeness (QED) is 0.675. The van der Waals surface area contributed by atoms with Crippen LogP contribution in [-0.4, -0.2) is 15.2 Å². The van der Waals surface area contributed by atoms with Crippen molar-refractivity contribution >= 4 is 34.4 Å². The van der Waals surface area contributed by atoms with E-state index in [9.17, 15) is 5.11 Å². The summed E-state index contributed by atoms with van der Waals surface area (Å²) < 4.78 is 0. The fourth-order valence-corrected chi connectivity index (χ4v) is 4.60. The largest absolute Gasteiger partial charge is 0.508 e. The van der Waals surface area contributed by atoms with Crippen molar-refractivity contribution in [2.45, 2.75) is 19.0 Å². The van der Waals surface area contributed by atoms with E-state index in [0.29, 0.717) is 5.11 Å². The maximum absolute atomic E-state index is 9.61. The molecule has 2 N–H and O–H groups in total. The van der Waals surface area contributed by atoms with Gasteiger partial charge in [-0.3, -0.25) is 4.98 Å². The Kier molecular flexibility index (Phi) is 4.15. The summed E-state index contributed by atoms with van der Waals surface area (Å²) in [6, 6.07) is 15.2. The van der Waals surface area contributed by atoms with Crippen molar-refractivity contribution in [3.8, 4) is 5.75 Å². The molecule has 0 amide bonds. The molecule has 25 heavy (non-hydrogen) atoms. The Labute approximate surface area is 155 Å². The van der Waals surface area contributed by atoms with Crippen LogP contribution in [0.3, 0.4) is 0 Å². The monoisotopic (exact) mass is 367 g/mol. The van der Waals surface area contributed by atoms with Crippen LogP contribution in [0.25, 0.3) is 0 Å². The van der Waals surface area contributed by atoms with Gasteiger partial charge >= 0.3 is 0 Å². The van der Waals surface area contributed by atoms with E-state index in [-0.39, 0.29) is 17.8 Å². The summed E-state index contributed by atoms with van der Waals surface area (Å²) in [5, 5.41) is 15.8. The van der Waals surface area contributed by atoms with Crippen LogP contribution < -0.4 is 10.2 Å². The summed E-state index contributed by atoms with van der Waals surface area (Å²) in [7, 11) is 0. The van der Waals surface area contributed by atoms with E-state index < -0.39 is 0 Å². The van der Waals surface area contributed by atoms with E-state index in [1.807, 2.05) is 36.5 Å². The van der Waals surface area contributed by atoms with Crippen molar-refractivity contribution in [1.29, 1.82) is 0 Å². The van der Waals surface area contributed by atoms with Gasteiger partial charge in [-0.2, -0.15) is 0 Å². The normalized spacial score (nSPS) is 19.9. The lowest BCUT2D eigenvalue weighted by Gasteiger charge is -2.27. The summed E-state index contributed by atoms with van der Waals surface area (Å²) in [5.41, 5.74) is 3.15. The highest BCUT2D eigenvalue weighted by Crippen LogP contribution is 2.44. The predicted molar refractivity (Wildman–Crippen MR) is 105 cm³/mol. The lowest BCUT2D eigenvalue weighted by molar-refractivity contribution is 0.475. The molecule has 1 aromatic carbocycles. The molecule has 2 aromatic heterocycles. The van der Waals surface area contributed by atoms with Crippen LogP contribution >= 0.6 is 23.6 Å². The molecule has 1 saturated heterocycles. The van der Waals surface area contributed by atoms with Gasteiger partial charge in [0, 0.05) is 16.8 Å². The number of nitrogens with zero attached hydrogens (tertiary/aromatic N) is 2. The van der Waals surface area contributed by atoms with Crippen LogP contribution in [-0.2, 0) is 0 Å². The van der Waals surface area contributed by atoms with Crippen molar-refractivity contribution in [2.24, 2.45) is 0 Å². The minimum absolute atomic E-state index is 0.0203. The van der Waals surface area contributed by atoms with Crippen molar-refractivity contribution in [3.63, 3.8) is 0 Å². The minimum atomic E-state index is -0.0279. The Balaban J connectivity index is 1.83. The Morgan fingerprint density at radius 1 is 1.16 bits per heavy atom. The van der Waals surface area contributed by atoms with Crippen molar-refractivity contribution in [2.75, 3.05) is 4.90 Å². The first-order chi connectivity index (χ1) is 12.1. The molecule has 1 aliphatic rings. The molecule has 0 saturated carbocycles. The van der Waals surface area contributed by atoms with Gasteiger partial charge in [0.15, 0.2) is 5.11 Å². The Morgan fingerprint density at radius 2 is 1.96 bits per heavy atom. The summed E-state index contributed by atoms with van der Waals surface area (Å²) in [4.78, 5) is 7.92. The lowest BCUT2D eigenvalue weighted by atomic mass is 10.0. The molecule has 4 rings (SSSR count). The lowest BCUT2D eigenvalue weighted by Crippen LogP contribution is -2.29. The van der Waals surface area contributed by atoms with Crippen LogP contribution in [0.2, 0.25) is 0 Å². The summed E-state index contributed by atoms with van der Waals surface area (Å²) in [6.45, 7) is 2.12. The van der Waals surface area contributed by atoms with Gasteiger partial charge in [-0.15, -0.1) is 11.3 Å². The Morgan fingerprint density at radius 3 is 2.60 bits per heavy atom. The van der Waals surface area contributed by atoms with Gasteiger partial charge in [0.1, 0.15) is 5.75 Å². The van der Waals surface area contributed by atoms with E-state index in [1.165, 1.54) is 10.4 Å². The molecule has 4 nitrogen and oxygen atoms in total. The first kappa shape index (κ1) is 16.1. The maximum atomic E-state index is 9.61. The van der Waals surface area contributed by atoms with Gasteiger partial charge < -0.3 is 15.3 Å². The van der Waals surface area contributed by atoms with Gasteiger partial charge in [0.05, 0.1) is 17.8 Å². The molecular weight excluding hydrogens is 350 g/mol. The highest BCUT2D eigenvalue weighted by Gasteiger charge is 2.41. The third kappa shape index (κ3) is 2.88. The maximum Gasteiger partial charge on any atom is 0.174 e. The molecular formula is C19H17N3OS2. The van der Waals surface area contributed by atoms with Gasteiger partial charge in [-0.25, -0.2) is 0 Å². The number of aryl methyl sites for hydroxylation is 1. The number of benzene rings is 1. The van der Waals surface area contributed by atoms with Crippen molar-refractivity contribution in [1.82, 2.24) is 10.3 Å². The number of phenols is 1. The third-order valence-electron chi connectivity index (χ3n) is 4.40. The van der Waals surface area contributed by atoms with Crippen LogP contribution in [0.5, 0.6) is 5.75 Å². The van der Waals surface area contributed by atoms with Crippen molar-refractivity contribution < 1.29 is 5.11 Å². The average molecular weight is 367 g/mol. The van der Waals surface area contributed by atoms with E-state index >= 15 is 0 Å².